The van der Waals surface area contributed by atoms with Crippen molar-refractivity contribution in [2.75, 3.05) is 0 Å². The summed E-state index contributed by atoms with van der Waals surface area (Å²) in [4.78, 5) is 22.5. The van der Waals surface area contributed by atoms with Crippen LogP contribution in [0.15, 0.2) is 90.0 Å². The van der Waals surface area contributed by atoms with Gasteiger partial charge < -0.3 is 4.57 Å². The Bertz CT molecular complexity index is 1420. The SMILES string of the molecule is Cn1cccc1-c1ccc(-c2nc3ccccc3c(=O)n2-c2ccc(Cl)cn2)cc1. The second-order valence-electron chi connectivity index (χ2n) is 7.01. The van der Waals surface area contributed by atoms with Crippen molar-refractivity contribution in [2.45, 2.75) is 0 Å². The minimum Gasteiger partial charge on any atom is -0.351 e. The molecular weight excluding hydrogens is 396 g/mol. The quantitative estimate of drug-likeness (QED) is 0.414. The van der Waals surface area contributed by atoms with E-state index in [9.17, 15) is 4.79 Å². The number of hydrogen-bond acceptors (Lipinski definition) is 3. The lowest BCUT2D eigenvalue weighted by molar-refractivity contribution is 0.931. The average molecular weight is 413 g/mol. The predicted octanol–water partition coefficient (Wildman–Crippen LogP) is 5.11. The molecule has 0 saturated carbocycles. The molecule has 5 nitrogen and oxygen atoms in total. The summed E-state index contributed by atoms with van der Waals surface area (Å²) in [7, 11) is 2.01. The van der Waals surface area contributed by atoms with Gasteiger partial charge >= 0.3 is 0 Å². The zero-order valence-corrected chi connectivity index (χ0v) is 16.9. The summed E-state index contributed by atoms with van der Waals surface area (Å²) in [6.07, 6.45) is 3.54. The maximum atomic E-state index is 13.4. The van der Waals surface area contributed by atoms with Gasteiger partial charge in [0.1, 0.15) is 11.6 Å². The normalized spacial score (nSPS) is 11.1. The molecule has 0 bridgehead atoms. The van der Waals surface area contributed by atoms with Gasteiger partial charge in [-0.15, -0.1) is 0 Å². The molecule has 0 N–H and O–H groups in total. The van der Waals surface area contributed by atoms with Crippen LogP contribution in [-0.4, -0.2) is 19.1 Å². The molecule has 30 heavy (non-hydrogen) atoms. The van der Waals surface area contributed by atoms with E-state index in [0.29, 0.717) is 27.6 Å². The lowest BCUT2D eigenvalue weighted by Gasteiger charge is -2.13. The number of pyridine rings is 1. The van der Waals surface area contributed by atoms with Gasteiger partial charge in [0, 0.05) is 30.7 Å². The number of rotatable bonds is 3. The molecule has 0 aliphatic heterocycles. The van der Waals surface area contributed by atoms with Crippen LogP contribution in [0.2, 0.25) is 5.02 Å². The zero-order chi connectivity index (χ0) is 20.7. The van der Waals surface area contributed by atoms with Crippen LogP contribution < -0.4 is 5.56 Å². The van der Waals surface area contributed by atoms with Crippen molar-refractivity contribution in [3.8, 4) is 28.5 Å². The summed E-state index contributed by atoms with van der Waals surface area (Å²) in [5.41, 5.74) is 3.51. The monoisotopic (exact) mass is 412 g/mol. The number of aryl methyl sites for hydroxylation is 1. The molecule has 0 atom stereocenters. The van der Waals surface area contributed by atoms with Crippen molar-refractivity contribution in [1.29, 1.82) is 0 Å². The van der Waals surface area contributed by atoms with Gasteiger partial charge in [-0.2, -0.15) is 0 Å². The summed E-state index contributed by atoms with van der Waals surface area (Å²) in [5.74, 6) is 1.01. The van der Waals surface area contributed by atoms with E-state index >= 15 is 0 Å². The molecule has 3 aromatic heterocycles. The van der Waals surface area contributed by atoms with Crippen LogP contribution in [0, 0.1) is 0 Å². The van der Waals surface area contributed by atoms with Crippen LogP contribution in [-0.2, 0) is 7.05 Å². The van der Waals surface area contributed by atoms with Gasteiger partial charge in [0.25, 0.3) is 5.56 Å². The number of aromatic nitrogens is 4. The summed E-state index contributed by atoms with van der Waals surface area (Å²) >= 11 is 6.00. The molecule has 0 radical (unpaired) electrons. The number of halogens is 1. The molecule has 0 saturated heterocycles. The highest BCUT2D eigenvalue weighted by molar-refractivity contribution is 6.30. The fourth-order valence-corrected chi connectivity index (χ4v) is 3.70. The molecule has 146 valence electrons. The van der Waals surface area contributed by atoms with E-state index in [1.807, 2.05) is 61.8 Å². The lowest BCUT2D eigenvalue weighted by atomic mass is 10.1. The van der Waals surface area contributed by atoms with Crippen LogP contribution in [0.3, 0.4) is 0 Å². The Morgan fingerprint density at radius 1 is 0.867 bits per heavy atom. The maximum Gasteiger partial charge on any atom is 0.267 e. The first kappa shape index (κ1) is 18.3. The van der Waals surface area contributed by atoms with Gasteiger partial charge in [0.2, 0.25) is 0 Å². The molecule has 2 aromatic carbocycles. The average Bonchev–Trinajstić information content (AvgIpc) is 3.20. The molecule has 5 aromatic rings. The highest BCUT2D eigenvalue weighted by Gasteiger charge is 2.15. The Labute approximate surface area is 177 Å². The van der Waals surface area contributed by atoms with Crippen molar-refractivity contribution in [3.63, 3.8) is 0 Å². The van der Waals surface area contributed by atoms with Gasteiger partial charge in [0.05, 0.1) is 15.9 Å². The van der Waals surface area contributed by atoms with E-state index in [2.05, 4.69) is 15.6 Å². The topological polar surface area (TPSA) is 52.7 Å². The second kappa shape index (κ2) is 7.28. The van der Waals surface area contributed by atoms with E-state index in [4.69, 9.17) is 16.6 Å². The number of nitrogens with zero attached hydrogens (tertiary/aromatic N) is 4. The molecule has 0 spiro atoms. The molecule has 0 aliphatic carbocycles. The van der Waals surface area contributed by atoms with Gasteiger partial charge in [-0.3, -0.25) is 4.79 Å². The molecule has 0 unspecified atom stereocenters. The van der Waals surface area contributed by atoms with Crippen molar-refractivity contribution in [1.82, 2.24) is 19.1 Å². The summed E-state index contributed by atoms with van der Waals surface area (Å²) in [6.45, 7) is 0. The molecular formula is C24H17ClN4O. The van der Waals surface area contributed by atoms with Crippen LogP contribution in [0.1, 0.15) is 0 Å². The number of fused-ring (bicyclic) bond motifs is 1. The molecule has 5 rings (SSSR count). The highest BCUT2D eigenvalue weighted by Crippen LogP contribution is 2.26. The molecule has 3 heterocycles. The lowest BCUT2D eigenvalue weighted by Crippen LogP contribution is -2.22. The molecule has 6 heteroatoms. The van der Waals surface area contributed by atoms with Gasteiger partial charge in [0.15, 0.2) is 0 Å². The van der Waals surface area contributed by atoms with Gasteiger partial charge in [-0.1, -0.05) is 48.0 Å². The maximum absolute atomic E-state index is 13.4. The standard InChI is InChI=1S/C24H17ClN4O/c1-28-14-4-7-21(28)16-8-10-17(11-9-16)23-27-20-6-3-2-5-19(20)24(30)29(23)22-13-12-18(25)15-26-22/h2-15H,1H3. The molecule has 0 aliphatic rings. The number of para-hydroxylation sites is 1. The zero-order valence-electron chi connectivity index (χ0n) is 16.2. The van der Waals surface area contributed by atoms with Gasteiger partial charge in [-0.25, -0.2) is 14.5 Å². The van der Waals surface area contributed by atoms with E-state index in [0.717, 1.165) is 16.8 Å². The Kier molecular flexibility index (Phi) is 4.45. The van der Waals surface area contributed by atoms with E-state index in [1.165, 1.54) is 10.8 Å². The summed E-state index contributed by atoms with van der Waals surface area (Å²) in [6, 6.07) is 22.9. The molecule has 0 amide bonds. The van der Waals surface area contributed by atoms with E-state index in [-0.39, 0.29) is 5.56 Å². The first-order valence-electron chi connectivity index (χ1n) is 9.48. The third kappa shape index (κ3) is 3.09. The second-order valence-corrected chi connectivity index (χ2v) is 7.45. The van der Waals surface area contributed by atoms with Crippen molar-refractivity contribution in [3.05, 3.63) is 101 Å². The first-order valence-corrected chi connectivity index (χ1v) is 9.85. The van der Waals surface area contributed by atoms with Crippen LogP contribution in [0.5, 0.6) is 0 Å². The Morgan fingerprint density at radius 3 is 2.33 bits per heavy atom. The highest BCUT2D eigenvalue weighted by atomic mass is 35.5. The number of benzene rings is 2. The fourth-order valence-electron chi connectivity index (χ4n) is 3.59. The van der Waals surface area contributed by atoms with Crippen LogP contribution in [0.4, 0.5) is 0 Å². The third-order valence-electron chi connectivity index (χ3n) is 5.10. The van der Waals surface area contributed by atoms with Crippen molar-refractivity contribution >= 4 is 22.5 Å². The summed E-state index contributed by atoms with van der Waals surface area (Å²) < 4.78 is 3.60. The Balaban J connectivity index is 1.73. The third-order valence-corrected chi connectivity index (χ3v) is 5.32. The van der Waals surface area contributed by atoms with Gasteiger partial charge in [-0.05, 0) is 42.0 Å². The number of hydrogen-bond donors (Lipinski definition) is 0. The fraction of sp³-hybridized carbons (Fsp3) is 0.0417. The minimum absolute atomic E-state index is 0.170. The van der Waals surface area contributed by atoms with E-state index < -0.39 is 0 Å². The van der Waals surface area contributed by atoms with Crippen molar-refractivity contribution < 1.29 is 0 Å². The Hall–Kier alpha value is -3.70. The molecule has 0 fully saturated rings. The largest absolute Gasteiger partial charge is 0.351 e. The van der Waals surface area contributed by atoms with Crippen LogP contribution >= 0.6 is 11.6 Å². The smallest absolute Gasteiger partial charge is 0.267 e. The predicted molar refractivity (Wildman–Crippen MR) is 120 cm³/mol. The minimum atomic E-state index is -0.170. The van der Waals surface area contributed by atoms with E-state index in [1.54, 1.807) is 18.2 Å². The van der Waals surface area contributed by atoms with Crippen LogP contribution in [0.25, 0.3) is 39.4 Å². The summed E-state index contributed by atoms with van der Waals surface area (Å²) in [5, 5.41) is 1.05. The van der Waals surface area contributed by atoms with Crippen molar-refractivity contribution in [2.24, 2.45) is 7.05 Å². The Morgan fingerprint density at radius 2 is 1.63 bits per heavy atom. The first-order chi connectivity index (χ1) is 14.6.